The molecule has 0 fully saturated rings. The Labute approximate surface area is 136 Å². The number of hydrogen-bond donors (Lipinski definition) is 0. The molecular weight excluding hydrogens is 306 g/mol. The minimum absolute atomic E-state index is 0.313. The third kappa shape index (κ3) is 2.87. The molecule has 0 bridgehead atoms. The molecule has 3 heteroatoms. The van der Waals surface area contributed by atoms with Crippen molar-refractivity contribution < 1.29 is 8.96 Å². The van der Waals surface area contributed by atoms with E-state index in [0.29, 0.717) is 5.56 Å². The Morgan fingerprint density at radius 1 is 0.739 bits per heavy atom. The highest BCUT2D eigenvalue weighted by Crippen LogP contribution is 2.57. The molecule has 0 aromatic heterocycles. The van der Waals surface area contributed by atoms with E-state index in [1.54, 1.807) is 18.2 Å². The van der Waals surface area contributed by atoms with Crippen LogP contribution < -0.4 is 10.6 Å². The van der Waals surface area contributed by atoms with Gasteiger partial charge in [-0.25, -0.2) is 4.39 Å². The highest BCUT2D eigenvalue weighted by Gasteiger charge is 2.35. The summed E-state index contributed by atoms with van der Waals surface area (Å²) < 4.78 is 28.4. The highest BCUT2D eigenvalue weighted by atomic mass is 31.2. The molecule has 0 saturated carbocycles. The normalized spacial score (nSPS) is 12.8. The van der Waals surface area contributed by atoms with Crippen molar-refractivity contribution >= 4 is 17.8 Å². The van der Waals surface area contributed by atoms with E-state index in [1.807, 2.05) is 67.6 Å². The van der Waals surface area contributed by atoms with Gasteiger partial charge in [0.15, 0.2) is 0 Å². The van der Waals surface area contributed by atoms with Crippen LogP contribution in [0.2, 0.25) is 0 Å². The summed E-state index contributed by atoms with van der Waals surface area (Å²) in [6.45, 7) is 1.85. The Morgan fingerprint density at radius 2 is 1.17 bits per heavy atom. The number of halogens is 1. The van der Waals surface area contributed by atoms with Gasteiger partial charge in [-0.1, -0.05) is 85.8 Å². The molecule has 0 amide bonds. The van der Waals surface area contributed by atoms with Crippen LogP contribution in [-0.2, 0) is 4.57 Å². The van der Waals surface area contributed by atoms with Crippen LogP contribution in [-0.4, -0.2) is 0 Å². The Kier molecular flexibility index (Phi) is 4.45. The number of hydrogen-bond acceptors (Lipinski definition) is 1. The lowest BCUT2D eigenvalue weighted by Crippen LogP contribution is -2.20. The van der Waals surface area contributed by atoms with E-state index in [9.17, 15) is 8.96 Å². The van der Waals surface area contributed by atoms with Gasteiger partial charge in [-0.3, -0.25) is 0 Å². The second-order valence-electron chi connectivity index (χ2n) is 5.53. The lowest BCUT2D eigenvalue weighted by molar-refractivity contribution is 0.573. The largest absolute Gasteiger partial charge is 0.313 e. The third-order valence-corrected chi connectivity index (χ3v) is 7.68. The van der Waals surface area contributed by atoms with Gasteiger partial charge in [0.2, 0.25) is 0 Å². The van der Waals surface area contributed by atoms with Gasteiger partial charge in [0.25, 0.3) is 0 Å². The van der Waals surface area contributed by atoms with Crippen LogP contribution in [0.15, 0.2) is 84.9 Å². The molecule has 3 rings (SSSR count). The van der Waals surface area contributed by atoms with Gasteiger partial charge in [0, 0.05) is 16.3 Å². The van der Waals surface area contributed by atoms with Gasteiger partial charge >= 0.3 is 0 Å². The van der Waals surface area contributed by atoms with E-state index in [0.717, 1.165) is 10.6 Å². The molecule has 1 nitrogen and oxygen atoms in total. The van der Waals surface area contributed by atoms with Gasteiger partial charge < -0.3 is 4.57 Å². The van der Waals surface area contributed by atoms with Gasteiger partial charge in [-0.2, -0.15) is 0 Å². The average Bonchev–Trinajstić information content (AvgIpc) is 2.62. The average molecular weight is 324 g/mol. The second kappa shape index (κ2) is 6.52. The van der Waals surface area contributed by atoms with E-state index >= 15 is 0 Å². The predicted molar refractivity (Wildman–Crippen MR) is 94.6 cm³/mol. The van der Waals surface area contributed by atoms with Crippen LogP contribution >= 0.6 is 7.14 Å². The van der Waals surface area contributed by atoms with E-state index in [2.05, 4.69) is 0 Å². The molecule has 0 heterocycles. The second-order valence-corrected chi connectivity index (χ2v) is 8.65. The summed E-state index contributed by atoms with van der Waals surface area (Å²) in [5.41, 5.74) is 0.0528. The van der Waals surface area contributed by atoms with Crippen LogP contribution in [0, 0.1) is 5.82 Å². The summed E-state index contributed by atoms with van der Waals surface area (Å²) in [5, 5.41) is 1.50. The van der Waals surface area contributed by atoms with Crippen LogP contribution in [0.25, 0.3) is 0 Å². The van der Waals surface area contributed by atoms with Crippen LogP contribution in [0.4, 0.5) is 4.39 Å². The third-order valence-electron chi connectivity index (χ3n) is 4.18. The van der Waals surface area contributed by atoms with E-state index in [1.165, 1.54) is 6.07 Å². The van der Waals surface area contributed by atoms with Crippen molar-refractivity contribution in [3.05, 3.63) is 96.3 Å². The summed E-state index contributed by atoms with van der Waals surface area (Å²) in [4.78, 5) is 0. The van der Waals surface area contributed by atoms with Crippen molar-refractivity contribution in [3.63, 3.8) is 0 Å². The van der Waals surface area contributed by atoms with Gasteiger partial charge in [0.05, 0.1) is 0 Å². The van der Waals surface area contributed by atoms with Gasteiger partial charge in [0.1, 0.15) is 13.0 Å². The molecule has 0 radical (unpaired) electrons. The van der Waals surface area contributed by atoms with Crippen molar-refractivity contribution in [1.29, 1.82) is 0 Å². The minimum Gasteiger partial charge on any atom is -0.313 e. The maximum absolute atomic E-state index is 14.3. The number of benzene rings is 3. The molecule has 0 N–H and O–H groups in total. The SMILES string of the molecule is CC(c1ccccc1F)P(=O)(c1ccccc1)c1ccccc1. The van der Waals surface area contributed by atoms with Crippen LogP contribution in [0.3, 0.4) is 0 Å². The Hall–Kier alpha value is -2.18. The molecule has 0 aliphatic heterocycles. The van der Waals surface area contributed by atoms with Crippen molar-refractivity contribution in [3.8, 4) is 0 Å². The maximum Gasteiger partial charge on any atom is 0.150 e. The first-order valence-corrected chi connectivity index (χ1v) is 9.37. The Bertz CT molecular complexity index is 787. The molecule has 1 unspecified atom stereocenters. The summed E-state index contributed by atoms with van der Waals surface area (Å²) in [7, 11) is -3.00. The van der Waals surface area contributed by atoms with Crippen molar-refractivity contribution in [2.75, 3.05) is 0 Å². The zero-order valence-electron chi connectivity index (χ0n) is 12.9. The molecule has 0 spiro atoms. The topological polar surface area (TPSA) is 17.1 Å². The smallest absolute Gasteiger partial charge is 0.150 e. The Morgan fingerprint density at radius 3 is 1.65 bits per heavy atom. The maximum atomic E-state index is 14.3. The van der Waals surface area contributed by atoms with Crippen molar-refractivity contribution in [1.82, 2.24) is 0 Å². The first kappa shape index (κ1) is 15.7. The van der Waals surface area contributed by atoms with E-state index in [4.69, 9.17) is 0 Å². The molecule has 0 aliphatic carbocycles. The van der Waals surface area contributed by atoms with E-state index < -0.39 is 12.8 Å². The first-order chi connectivity index (χ1) is 11.1. The summed E-state index contributed by atoms with van der Waals surface area (Å²) in [6, 6.07) is 25.3. The van der Waals surface area contributed by atoms with Crippen LogP contribution in [0.1, 0.15) is 18.1 Å². The predicted octanol–water partition coefficient (Wildman–Crippen LogP) is 4.90. The van der Waals surface area contributed by atoms with Crippen LogP contribution in [0.5, 0.6) is 0 Å². The van der Waals surface area contributed by atoms with E-state index in [-0.39, 0.29) is 5.82 Å². The molecule has 0 aliphatic rings. The van der Waals surface area contributed by atoms with Crippen molar-refractivity contribution in [2.45, 2.75) is 12.6 Å². The summed E-state index contributed by atoms with van der Waals surface area (Å²) in [5.74, 6) is -0.313. The highest BCUT2D eigenvalue weighted by molar-refractivity contribution is 7.79. The standard InChI is InChI=1S/C20H18FOP/c1-16(19-14-8-9-15-20(19)21)23(22,17-10-4-2-5-11-17)18-12-6-3-7-13-18/h2-16H,1H3. The fraction of sp³-hybridized carbons (Fsp3) is 0.100. The zero-order valence-corrected chi connectivity index (χ0v) is 13.8. The zero-order chi connectivity index (χ0) is 16.3. The summed E-state index contributed by atoms with van der Waals surface area (Å²) >= 11 is 0. The molecule has 116 valence electrons. The monoisotopic (exact) mass is 324 g/mol. The summed E-state index contributed by atoms with van der Waals surface area (Å²) in [6.07, 6.45) is 0. The van der Waals surface area contributed by atoms with Gasteiger partial charge in [-0.05, 0) is 11.6 Å². The minimum atomic E-state index is -3.00. The first-order valence-electron chi connectivity index (χ1n) is 7.59. The fourth-order valence-electron chi connectivity index (χ4n) is 2.90. The molecule has 0 saturated heterocycles. The molecule has 1 atom stereocenters. The number of rotatable bonds is 4. The van der Waals surface area contributed by atoms with Crippen molar-refractivity contribution in [2.24, 2.45) is 0 Å². The van der Waals surface area contributed by atoms with Gasteiger partial charge in [-0.15, -0.1) is 0 Å². The molecular formula is C20H18FOP. The fourth-order valence-corrected chi connectivity index (χ4v) is 5.93. The molecule has 3 aromatic carbocycles. The Balaban J connectivity index is 2.21. The molecule has 3 aromatic rings. The molecule has 23 heavy (non-hydrogen) atoms. The lowest BCUT2D eigenvalue weighted by atomic mass is 10.1. The quantitative estimate of drug-likeness (QED) is 0.624. The lowest BCUT2D eigenvalue weighted by Gasteiger charge is -2.26.